The normalized spacial score (nSPS) is 12.4. The summed E-state index contributed by atoms with van der Waals surface area (Å²) >= 11 is 0. The van der Waals surface area contributed by atoms with E-state index in [2.05, 4.69) is 15.2 Å². The Balaban J connectivity index is 1.86. The van der Waals surface area contributed by atoms with Gasteiger partial charge in [0.1, 0.15) is 22.5 Å². The molecule has 0 bridgehead atoms. The van der Waals surface area contributed by atoms with Crippen LogP contribution in [0, 0.1) is 12.2 Å². The number of nitrogens with zero attached hydrogens (tertiary/aromatic N) is 4. The maximum Gasteiger partial charge on any atom is 0.167 e. The van der Waals surface area contributed by atoms with Gasteiger partial charge in [-0.25, -0.2) is 4.39 Å². The lowest BCUT2D eigenvalue weighted by Crippen LogP contribution is -2.11. The van der Waals surface area contributed by atoms with Crippen LogP contribution in [0.2, 0.25) is 0 Å². The quantitative estimate of drug-likeness (QED) is 0.537. The standard InChI is InChI=1S/C21H20FN4O3/c1-4-12(2)29-20-9-18-17(8-16(20)22)24-26(25-18)19-6-13(11-27)5-14-7-15(28-3)10-23-21(14)19/h4-10,12,27H,11H2,1-3H3/t12-/m0/s1. The van der Waals surface area contributed by atoms with Crippen LogP contribution in [-0.4, -0.2) is 38.3 Å². The van der Waals surface area contributed by atoms with Crippen molar-refractivity contribution < 1.29 is 19.0 Å². The van der Waals surface area contributed by atoms with Gasteiger partial charge in [0.15, 0.2) is 11.6 Å². The van der Waals surface area contributed by atoms with Crippen LogP contribution in [0.25, 0.3) is 27.6 Å². The average molecular weight is 395 g/mol. The van der Waals surface area contributed by atoms with Gasteiger partial charge in [0.25, 0.3) is 0 Å². The SMILES string of the molecule is C[CH][C@H](C)Oc1cc2nn(-c3cc(CO)cc4cc(OC)cnc34)nc2cc1F. The van der Waals surface area contributed by atoms with E-state index in [1.165, 1.54) is 16.9 Å². The molecule has 0 saturated carbocycles. The second-order valence-electron chi connectivity index (χ2n) is 6.64. The lowest BCUT2D eigenvalue weighted by molar-refractivity contribution is 0.243. The highest BCUT2D eigenvalue weighted by Gasteiger charge is 2.16. The molecule has 149 valence electrons. The molecule has 2 aromatic carbocycles. The van der Waals surface area contributed by atoms with Crippen LogP contribution in [0.1, 0.15) is 19.4 Å². The number of hydrogen-bond donors (Lipinski definition) is 1. The number of pyridine rings is 1. The lowest BCUT2D eigenvalue weighted by Gasteiger charge is -2.12. The van der Waals surface area contributed by atoms with Gasteiger partial charge in [-0.15, -0.1) is 15.0 Å². The number of rotatable bonds is 6. The molecule has 29 heavy (non-hydrogen) atoms. The van der Waals surface area contributed by atoms with E-state index in [4.69, 9.17) is 9.47 Å². The Bertz CT molecular complexity index is 1190. The molecule has 1 N–H and O–H groups in total. The molecule has 1 radical (unpaired) electrons. The molecule has 2 aromatic heterocycles. The van der Waals surface area contributed by atoms with Crippen molar-refractivity contribution in [3.63, 3.8) is 0 Å². The Hall–Kier alpha value is -3.26. The van der Waals surface area contributed by atoms with E-state index < -0.39 is 5.82 Å². The summed E-state index contributed by atoms with van der Waals surface area (Å²) in [6.45, 7) is 3.52. The molecule has 4 rings (SSSR count). The summed E-state index contributed by atoms with van der Waals surface area (Å²) in [4.78, 5) is 5.84. The van der Waals surface area contributed by atoms with Crippen molar-refractivity contribution in [1.82, 2.24) is 20.0 Å². The second kappa shape index (κ2) is 7.63. The van der Waals surface area contributed by atoms with Crippen LogP contribution in [-0.2, 0) is 6.61 Å². The van der Waals surface area contributed by atoms with E-state index in [1.807, 2.05) is 32.4 Å². The number of aromatic nitrogens is 4. The molecule has 8 heteroatoms. The molecule has 0 aliphatic carbocycles. The maximum absolute atomic E-state index is 14.4. The molecule has 0 fully saturated rings. The molecule has 0 amide bonds. The molecule has 0 saturated heterocycles. The molecular weight excluding hydrogens is 375 g/mol. The van der Waals surface area contributed by atoms with Crippen molar-refractivity contribution in [2.75, 3.05) is 7.11 Å². The Morgan fingerprint density at radius 3 is 2.62 bits per heavy atom. The zero-order chi connectivity index (χ0) is 20.5. The van der Waals surface area contributed by atoms with E-state index in [1.54, 1.807) is 19.4 Å². The first-order valence-corrected chi connectivity index (χ1v) is 9.13. The van der Waals surface area contributed by atoms with Crippen molar-refractivity contribution >= 4 is 21.9 Å². The summed E-state index contributed by atoms with van der Waals surface area (Å²) in [5, 5.41) is 19.3. The molecule has 4 aromatic rings. The Morgan fingerprint density at radius 2 is 1.93 bits per heavy atom. The predicted molar refractivity (Wildman–Crippen MR) is 107 cm³/mol. The van der Waals surface area contributed by atoms with Crippen LogP contribution in [0.3, 0.4) is 0 Å². The van der Waals surface area contributed by atoms with E-state index in [-0.39, 0.29) is 18.5 Å². The zero-order valence-electron chi connectivity index (χ0n) is 16.3. The van der Waals surface area contributed by atoms with Crippen molar-refractivity contribution in [2.45, 2.75) is 26.6 Å². The Morgan fingerprint density at radius 1 is 1.17 bits per heavy atom. The maximum atomic E-state index is 14.4. The summed E-state index contributed by atoms with van der Waals surface area (Å²) < 4.78 is 25.2. The van der Waals surface area contributed by atoms with Crippen molar-refractivity contribution in [3.05, 3.63) is 54.3 Å². The van der Waals surface area contributed by atoms with Crippen LogP contribution < -0.4 is 9.47 Å². The zero-order valence-corrected chi connectivity index (χ0v) is 16.3. The molecule has 0 aliphatic heterocycles. The summed E-state index contributed by atoms with van der Waals surface area (Å²) in [6.07, 6.45) is 3.19. The number of fused-ring (bicyclic) bond motifs is 2. The minimum Gasteiger partial charge on any atom is -0.495 e. The molecule has 0 unspecified atom stereocenters. The monoisotopic (exact) mass is 395 g/mol. The minimum atomic E-state index is -0.505. The summed E-state index contributed by atoms with van der Waals surface area (Å²) in [6, 6.07) is 8.23. The first-order valence-electron chi connectivity index (χ1n) is 9.13. The first-order chi connectivity index (χ1) is 14.0. The van der Waals surface area contributed by atoms with Gasteiger partial charge in [-0.1, -0.05) is 6.92 Å². The smallest absolute Gasteiger partial charge is 0.167 e. The van der Waals surface area contributed by atoms with Crippen LogP contribution in [0.5, 0.6) is 11.5 Å². The molecule has 7 nitrogen and oxygen atoms in total. The number of halogens is 1. The third kappa shape index (κ3) is 3.58. The van der Waals surface area contributed by atoms with E-state index in [9.17, 15) is 9.50 Å². The second-order valence-corrected chi connectivity index (χ2v) is 6.64. The van der Waals surface area contributed by atoms with Crippen molar-refractivity contribution in [2.24, 2.45) is 0 Å². The molecule has 0 spiro atoms. The van der Waals surface area contributed by atoms with Gasteiger partial charge in [0.05, 0.1) is 31.5 Å². The fourth-order valence-electron chi connectivity index (χ4n) is 3.01. The van der Waals surface area contributed by atoms with Gasteiger partial charge in [-0.2, -0.15) is 0 Å². The number of methoxy groups -OCH3 is 1. The summed E-state index contributed by atoms with van der Waals surface area (Å²) in [5.74, 6) is 0.213. The largest absolute Gasteiger partial charge is 0.495 e. The Kier molecular flexibility index (Phi) is 5.02. The fourth-order valence-corrected chi connectivity index (χ4v) is 3.01. The topological polar surface area (TPSA) is 82.3 Å². The van der Waals surface area contributed by atoms with Crippen LogP contribution >= 0.6 is 0 Å². The molecular formula is C21H20FN4O3. The number of aliphatic hydroxyl groups is 1. The number of hydrogen-bond acceptors (Lipinski definition) is 6. The van der Waals surface area contributed by atoms with E-state index >= 15 is 0 Å². The summed E-state index contributed by atoms with van der Waals surface area (Å²) in [5.41, 5.74) is 2.75. The molecule has 2 heterocycles. The summed E-state index contributed by atoms with van der Waals surface area (Å²) in [7, 11) is 1.56. The Labute approximate surface area is 166 Å². The predicted octanol–water partition coefficient (Wildman–Crippen LogP) is 3.60. The molecule has 0 aliphatic rings. The lowest BCUT2D eigenvalue weighted by atomic mass is 10.1. The van der Waals surface area contributed by atoms with Crippen LogP contribution in [0.4, 0.5) is 4.39 Å². The van der Waals surface area contributed by atoms with Crippen LogP contribution in [0.15, 0.2) is 36.5 Å². The van der Waals surface area contributed by atoms with Gasteiger partial charge in [-0.05, 0) is 37.1 Å². The van der Waals surface area contributed by atoms with Gasteiger partial charge in [0, 0.05) is 17.5 Å². The highest BCUT2D eigenvalue weighted by atomic mass is 19.1. The fraction of sp³-hybridized carbons (Fsp3) is 0.238. The third-order valence-corrected chi connectivity index (χ3v) is 4.65. The number of ether oxygens (including phenoxy) is 2. The number of aliphatic hydroxyl groups excluding tert-OH is 1. The van der Waals surface area contributed by atoms with Gasteiger partial charge in [-0.3, -0.25) is 4.98 Å². The highest BCUT2D eigenvalue weighted by molar-refractivity contribution is 5.88. The van der Waals surface area contributed by atoms with Gasteiger partial charge in [0.2, 0.25) is 0 Å². The minimum absolute atomic E-state index is 0.118. The third-order valence-electron chi connectivity index (χ3n) is 4.65. The van der Waals surface area contributed by atoms with Crippen molar-refractivity contribution in [1.29, 1.82) is 0 Å². The number of benzene rings is 2. The van der Waals surface area contributed by atoms with Gasteiger partial charge >= 0.3 is 0 Å². The average Bonchev–Trinajstić information content (AvgIpc) is 3.14. The van der Waals surface area contributed by atoms with Crippen molar-refractivity contribution in [3.8, 4) is 17.2 Å². The van der Waals surface area contributed by atoms with Gasteiger partial charge < -0.3 is 14.6 Å². The first kappa shape index (κ1) is 19.1. The molecule has 1 atom stereocenters. The van der Waals surface area contributed by atoms with E-state index in [0.717, 1.165) is 5.39 Å². The highest BCUT2D eigenvalue weighted by Crippen LogP contribution is 2.28. The van der Waals surface area contributed by atoms with E-state index in [0.29, 0.717) is 33.6 Å².